The second-order valence-electron chi connectivity index (χ2n) is 15.9. The van der Waals surface area contributed by atoms with Gasteiger partial charge in [-0.15, -0.1) is 0 Å². The number of hydrogen-bond acceptors (Lipinski definition) is 8. The highest BCUT2D eigenvalue weighted by molar-refractivity contribution is 5.97. The summed E-state index contributed by atoms with van der Waals surface area (Å²) in [5, 5.41) is 26.6. The van der Waals surface area contributed by atoms with E-state index < -0.39 is 10.8 Å². The Morgan fingerprint density at radius 3 is 1.23 bits per heavy atom. The monoisotopic (exact) mass is 732 g/mol. The average Bonchev–Trinajstić information content (AvgIpc) is 3.51. The van der Waals surface area contributed by atoms with E-state index in [1.807, 2.05) is 83.1 Å². The first kappa shape index (κ1) is 41.4. The summed E-state index contributed by atoms with van der Waals surface area (Å²) in [4.78, 5) is 0. The van der Waals surface area contributed by atoms with Crippen LogP contribution >= 0.6 is 0 Å². The summed E-state index contributed by atoms with van der Waals surface area (Å²) in [7, 11) is 0. The van der Waals surface area contributed by atoms with Gasteiger partial charge in [-0.3, -0.25) is 0 Å². The number of oxime groups is 2. The Bertz CT molecular complexity index is 1890. The van der Waals surface area contributed by atoms with E-state index in [2.05, 4.69) is 62.3 Å². The van der Waals surface area contributed by atoms with Crippen LogP contribution in [0, 0.1) is 10.8 Å². The lowest BCUT2D eigenvalue weighted by molar-refractivity contribution is 0.0427. The Morgan fingerprint density at radius 2 is 0.887 bits per heavy atom. The van der Waals surface area contributed by atoms with Crippen LogP contribution in [0.2, 0.25) is 0 Å². The van der Waals surface area contributed by atoms with Gasteiger partial charge in [0.2, 0.25) is 0 Å². The smallest absolute Gasteiger partial charge is 0.170 e. The topological polar surface area (TPSA) is 154 Å². The molecule has 2 aromatic carbocycles. The zero-order valence-corrected chi connectivity index (χ0v) is 35.0. The van der Waals surface area contributed by atoms with Crippen molar-refractivity contribution in [1.29, 1.82) is 0 Å². The zero-order valence-electron chi connectivity index (χ0n) is 35.0. The van der Waals surface area contributed by atoms with Gasteiger partial charge in [0, 0.05) is 5.41 Å². The van der Waals surface area contributed by atoms with Crippen molar-refractivity contribution in [2.75, 3.05) is 0 Å². The number of nitrogens with two attached hydrogens (primary N) is 2. The van der Waals surface area contributed by atoms with E-state index in [0.717, 1.165) is 35.5 Å². The molecule has 10 heteroatoms. The van der Waals surface area contributed by atoms with Crippen LogP contribution in [0.15, 0.2) is 57.2 Å². The molecule has 7 rings (SSSR count). The van der Waals surface area contributed by atoms with Gasteiger partial charge in [-0.1, -0.05) is 90.7 Å². The first-order valence-corrected chi connectivity index (χ1v) is 19.3. The molecule has 5 aliphatic rings. The van der Waals surface area contributed by atoms with Gasteiger partial charge in [-0.05, 0) is 112 Å². The van der Waals surface area contributed by atoms with Gasteiger partial charge < -0.3 is 40.8 Å². The van der Waals surface area contributed by atoms with E-state index in [1.54, 1.807) is 0 Å². The number of benzene rings is 2. The molecule has 292 valence electrons. The fraction of sp³-hybridized carbons (Fsp3) is 0.581. The Hall–Kier alpha value is -4.34. The molecular weight excluding hydrogens is 668 g/mol. The highest BCUT2D eigenvalue weighted by Crippen LogP contribution is 2.66. The van der Waals surface area contributed by atoms with Gasteiger partial charge in [0.1, 0.15) is 23.0 Å². The minimum atomic E-state index is -1.16. The molecule has 2 aliphatic heterocycles. The quantitative estimate of drug-likeness (QED) is 0.0782. The summed E-state index contributed by atoms with van der Waals surface area (Å²) in [6.45, 7) is 32.7. The maximum absolute atomic E-state index is 9.92. The molecule has 3 aliphatic carbocycles. The molecule has 2 heterocycles. The molecular formula is C43H64N4O6. The fourth-order valence-electron chi connectivity index (χ4n) is 9.13. The molecule has 2 aromatic rings. The van der Waals surface area contributed by atoms with Gasteiger partial charge in [0.25, 0.3) is 0 Å². The standard InChI is InChI=1S/C37H46N4O6.3C2H6/c1-17-18(2)36(10,32(39)41-43)30-29(35(17,9)31(38)40-42)46-27-12-22-24(14-28(27)47-30)37(16-34(22,7)8)15-33(5,6)21-11-25-26(13-23(21)37)45-20(4)19(3)44-25;3*1-2/h11-14,19-20,42-43H,15-16H2,1-10H3,(H2,38,40)(H2,39,41);3*1-2H3. The molecule has 0 radical (unpaired) electrons. The maximum atomic E-state index is 9.92. The molecule has 53 heavy (non-hydrogen) atoms. The van der Waals surface area contributed by atoms with E-state index in [4.69, 9.17) is 30.4 Å². The number of ether oxygens (including phenoxy) is 4. The number of hydrogen-bond donors (Lipinski definition) is 4. The van der Waals surface area contributed by atoms with Crippen LogP contribution in [0.1, 0.15) is 146 Å². The van der Waals surface area contributed by atoms with Crippen molar-refractivity contribution in [3.8, 4) is 23.0 Å². The van der Waals surface area contributed by atoms with Gasteiger partial charge in [0.15, 0.2) is 46.2 Å². The van der Waals surface area contributed by atoms with Crippen molar-refractivity contribution >= 4 is 11.7 Å². The van der Waals surface area contributed by atoms with Gasteiger partial charge in [-0.25, -0.2) is 0 Å². The van der Waals surface area contributed by atoms with Crippen LogP contribution in [-0.4, -0.2) is 34.3 Å². The summed E-state index contributed by atoms with van der Waals surface area (Å²) in [6.07, 6.45) is 1.69. The van der Waals surface area contributed by atoms with E-state index in [0.29, 0.717) is 23.0 Å². The minimum absolute atomic E-state index is 0.0356. The third-order valence-corrected chi connectivity index (χ3v) is 12.3. The van der Waals surface area contributed by atoms with E-state index in [1.165, 1.54) is 22.3 Å². The second kappa shape index (κ2) is 14.1. The van der Waals surface area contributed by atoms with Gasteiger partial charge in [0.05, 0.1) is 0 Å². The third kappa shape index (κ3) is 5.73. The predicted octanol–water partition coefficient (Wildman–Crippen LogP) is 9.80. The lowest BCUT2D eigenvalue weighted by atomic mass is 9.63. The highest BCUT2D eigenvalue weighted by atomic mass is 16.6. The Balaban J connectivity index is 0.000000996. The zero-order chi connectivity index (χ0) is 40.2. The van der Waals surface area contributed by atoms with Crippen molar-refractivity contribution < 1.29 is 29.4 Å². The molecule has 0 fully saturated rings. The number of rotatable bonds is 2. The van der Waals surface area contributed by atoms with Crippen LogP contribution in [0.25, 0.3) is 0 Å². The molecule has 5 unspecified atom stereocenters. The highest BCUT2D eigenvalue weighted by Gasteiger charge is 2.59. The van der Waals surface area contributed by atoms with E-state index in [-0.39, 0.29) is 40.1 Å². The molecule has 10 nitrogen and oxygen atoms in total. The molecule has 1 spiro atoms. The first-order chi connectivity index (χ1) is 24.9. The summed E-state index contributed by atoms with van der Waals surface area (Å²) >= 11 is 0. The first-order valence-electron chi connectivity index (χ1n) is 19.3. The van der Waals surface area contributed by atoms with Crippen LogP contribution in [0.5, 0.6) is 23.0 Å². The average molecular weight is 733 g/mol. The molecule has 0 bridgehead atoms. The summed E-state index contributed by atoms with van der Waals surface area (Å²) in [5.41, 5.74) is 16.2. The second-order valence-corrected chi connectivity index (χ2v) is 15.9. The third-order valence-electron chi connectivity index (χ3n) is 12.3. The minimum Gasteiger partial charge on any atom is -0.483 e. The van der Waals surface area contributed by atoms with Crippen molar-refractivity contribution in [2.45, 2.75) is 152 Å². The fourth-order valence-corrected chi connectivity index (χ4v) is 9.13. The molecule has 0 aromatic heterocycles. The molecule has 0 saturated heterocycles. The molecule has 0 saturated carbocycles. The summed E-state index contributed by atoms with van der Waals surface area (Å²) in [5.74, 6) is 3.18. The Morgan fingerprint density at radius 1 is 0.585 bits per heavy atom. The van der Waals surface area contributed by atoms with Crippen molar-refractivity contribution in [1.82, 2.24) is 0 Å². The number of amidine groups is 2. The van der Waals surface area contributed by atoms with Crippen LogP contribution in [-0.2, 0) is 16.2 Å². The maximum Gasteiger partial charge on any atom is 0.170 e. The van der Waals surface area contributed by atoms with Crippen molar-refractivity contribution in [3.63, 3.8) is 0 Å². The SMILES string of the molecule is CC.CC.CC.CC1=C(C)C(C)(/C(N)=N/O)C2=C(Oc3cc4c(cc3O2)C2(CC4(C)C)CC(C)(C)c3cc4c(cc32)OC(C)C(C)O4)C1(C)/C(N)=N/O. The van der Waals surface area contributed by atoms with E-state index in [9.17, 15) is 10.4 Å². The normalized spacial score (nSPS) is 29.7. The number of fused-ring (bicyclic) bond motifs is 6. The predicted molar refractivity (Wildman–Crippen MR) is 213 cm³/mol. The molecule has 5 atom stereocenters. The summed E-state index contributed by atoms with van der Waals surface area (Å²) in [6, 6.07) is 8.60. The van der Waals surface area contributed by atoms with Gasteiger partial charge >= 0.3 is 0 Å². The van der Waals surface area contributed by atoms with Crippen LogP contribution in [0.4, 0.5) is 0 Å². The van der Waals surface area contributed by atoms with Gasteiger partial charge in [-0.2, -0.15) is 0 Å². The van der Waals surface area contributed by atoms with Crippen LogP contribution in [0.3, 0.4) is 0 Å². The molecule has 0 amide bonds. The summed E-state index contributed by atoms with van der Waals surface area (Å²) < 4.78 is 26.3. The van der Waals surface area contributed by atoms with E-state index >= 15 is 0 Å². The Kier molecular flexibility index (Phi) is 11.1. The number of nitrogens with zero attached hydrogens (tertiary/aromatic N) is 2. The van der Waals surface area contributed by atoms with Crippen molar-refractivity contribution in [3.05, 3.63) is 69.2 Å². The Labute approximate surface area is 317 Å². The molecule has 6 N–H and O–H groups in total. The lowest BCUT2D eigenvalue weighted by Crippen LogP contribution is -2.51. The van der Waals surface area contributed by atoms with Crippen molar-refractivity contribution in [2.24, 2.45) is 32.6 Å². The van der Waals surface area contributed by atoms with Crippen LogP contribution < -0.4 is 30.4 Å². The largest absolute Gasteiger partial charge is 0.483 e. The lowest BCUT2D eigenvalue weighted by Gasteiger charge is -2.46.